The summed E-state index contributed by atoms with van der Waals surface area (Å²) in [6.07, 6.45) is 0. The molecular weight excluding hydrogens is 166 g/mol. The molecule has 5 heteroatoms. The lowest BCUT2D eigenvalue weighted by Crippen LogP contribution is -1.90. The number of halogens is 1. The van der Waals surface area contributed by atoms with Crippen LogP contribution in [-0.2, 0) is 0 Å². The van der Waals surface area contributed by atoms with Crippen LogP contribution in [0.15, 0.2) is 18.2 Å². The minimum atomic E-state index is 0.489. The molecule has 0 saturated heterocycles. The highest BCUT2D eigenvalue weighted by Gasteiger charge is 2.04. The first kappa shape index (κ1) is 6.42. The Bertz CT molecular complexity index is 398. The predicted molar refractivity (Wildman–Crippen MR) is 39.7 cm³/mol. The number of hydrogen-bond acceptors (Lipinski definition) is 3. The molecule has 1 heterocycles. The fourth-order valence-electron chi connectivity index (χ4n) is 0.900. The zero-order chi connectivity index (χ0) is 7.84. The van der Waals surface area contributed by atoms with E-state index in [0.29, 0.717) is 20.9 Å². The molecule has 0 amide bonds. The van der Waals surface area contributed by atoms with Gasteiger partial charge < -0.3 is 5.21 Å². The van der Waals surface area contributed by atoms with E-state index in [0.717, 1.165) is 0 Å². The van der Waals surface area contributed by atoms with Crippen LogP contribution in [0, 0.1) is 0 Å². The van der Waals surface area contributed by atoms with Gasteiger partial charge >= 0.3 is 0 Å². The number of fused-ring (bicyclic) bond motifs is 1. The summed E-state index contributed by atoms with van der Waals surface area (Å²) < 4.78 is 0. The molecule has 0 spiro atoms. The summed E-state index contributed by atoms with van der Waals surface area (Å²) in [7, 11) is 0. The quantitative estimate of drug-likeness (QED) is 0.606. The first-order chi connectivity index (χ1) is 5.29. The van der Waals surface area contributed by atoms with Gasteiger partial charge in [0.05, 0.1) is 5.02 Å². The van der Waals surface area contributed by atoms with Gasteiger partial charge in [-0.1, -0.05) is 22.5 Å². The Hall–Kier alpha value is -1.29. The summed E-state index contributed by atoms with van der Waals surface area (Å²) in [6.45, 7) is 0. The number of nitrogens with zero attached hydrogens (tertiary/aromatic N) is 3. The highest BCUT2D eigenvalue weighted by Crippen LogP contribution is 2.19. The second kappa shape index (κ2) is 2.10. The Balaban J connectivity index is 2.94. The molecule has 2 aromatic rings. The molecule has 0 saturated carbocycles. The van der Waals surface area contributed by atoms with E-state index in [1.54, 1.807) is 18.2 Å². The van der Waals surface area contributed by atoms with Gasteiger partial charge in [0, 0.05) is 0 Å². The molecule has 2 rings (SSSR count). The summed E-state index contributed by atoms with van der Waals surface area (Å²) in [6, 6.07) is 5.10. The van der Waals surface area contributed by atoms with E-state index in [1.807, 2.05) is 0 Å². The Morgan fingerprint density at radius 1 is 1.45 bits per heavy atom. The zero-order valence-corrected chi connectivity index (χ0v) is 6.15. The summed E-state index contributed by atoms with van der Waals surface area (Å²) in [5, 5.41) is 16.6. The minimum Gasteiger partial charge on any atom is -0.410 e. The van der Waals surface area contributed by atoms with E-state index < -0.39 is 0 Å². The lowest BCUT2D eigenvalue weighted by atomic mass is 10.3. The van der Waals surface area contributed by atoms with Crippen molar-refractivity contribution < 1.29 is 5.21 Å². The predicted octanol–water partition coefficient (Wildman–Crippen LogP) is 1.32. The third-order valence-electron chi connectivity index (χ3n) is 1.41. The van der Waals surface area contributed by atoms with Gasteiger partial charge in [-0.2, -0.15) is 0 Å². The van der Waals surface area contributed by atoms with Gasteiger partial charge in [0.25, 0.3) is 0 Å². The summed E-state index contributed by atoms with van der Waals surface area (Å²) in [5.74, 6) is 0. The van der Waals surface area contributed by atoms with Gasteiger partial charge in [0.2, 0.25) is 0 Å². The largest absolute Gasteiger partial charge is 0.410 e. The average Bonchev–Trinajstić information content (AvgIpc) is 2.35. The molecule has 0 bridgehead atoms. The molecule has 0 atom stereocenters. The topological polar surface area (TPSA) is 50.9 Å². The molecule has 0 aliphatic rings. The second-order valence-corrected chi connectivity index (χ2v) is 2.49. The second-order valence-electron chi connectivity index (χ2n) is 2.09. The maximum atomic E-state index is 9.02. The van der Waals surface area contributed by atoms with Crippen molar-refractivity contribution in [2.45, 2.75) is 0 Å². The summed E-state index contributed by atoms with van der Waals surface area (Å²) in [4.78, 5) is 0.696. The fraction of sp³-hybridized carbons (Fsp3) is 0. The molecule has 0 aliphatic heterocycles. The number of benzene rings is 1. The van der Waals surface area contributed by atoms with Crippen LogP contribution < -0.4 is 0 Å². The van der Waals surface area contributed by atoms with Crippen LogP contribution in [-0.4, -0.2) is 20.4 Å². The van der Waals surface area contributed by atoms with Crippen LogP contribution in [0.3, 0.4) is 0 Å². The zero-order valence-electron chi connectivity index (χ0n) is 5.40. The smallest absolute Gasteiger partial charge is 0.135 e. The molecule has 0 unspecified atom stereocenters. The van der Waals surface area contributed by atoms with Crippen LogP contribution >= 0.6 is 11.6 Å². The average molecular weight is 170 g/mol. The van der Waals surface area contributed by atoms with Crippen molar-refractivity contribution in [2.75, 3.05) is 0 Å². The normalized spacial score (nSPS) is 10.6. The van der Waals surface area contributed by atoms with Crippen LogP contribution in [0.4, 0.5) is 0 Å². The molecular formula is C6H4ClN3O. The van der Waals surface area contributed by atoms with Crippen molar-refractivity contribution >= 4 is 22.6 Å². The Kier molecular flexibility index (Phi) is 1.22. The fourth-order valence-corrected chi connectivity index (χ4v) is 1.11. The van der Waals surface area contributed by atoms with E-state index in [-0.39, 0.29) is 0 Å². The third-order valence-corrected chi connectivity index (χ3v) is 1.72. The van der Waals surface area contributed by atoms with Gasteiger partial charge in [-0.3, -0.25) is 0 Å². The molecule has 0 aliphatic carbocycles. The minimum absolute atomic E-state index is 0.489. The molecule has 0 radical (unpaired) electrons. The van der Waals surface area contributed by atoms with E-state index in [2.05, 4.69) is 10.3 Å². The van der Waals surface area contributed by atoms with Crippen LogP contribution in [0.1, 0.15) is 0 Å². The van der Waals surface area contributed by atoms with Gasteiger partial charge in [-0.05, 0) is 17.3 Å². The van der Waals surface area contributed by atoms with Gasteiger partial charge in [0.15, 0.2) is 0 Å². The highest BCUT2D eigenvalue weighted by molar-refractivity contribution is 6.34. The standard InChI is InChI=1S/C6H4ClN3O/c7-4-2-1-3-5-6(4)8-9-10(5)11/h1-3,11H. The van der Waals surface area contributed by atoms with Crippen molar-refractivity contribution in [2.24, 2.45) is 0 Å². The molecule has 4 nitrogen and oxygen atoms in total. The monoisotopic (exact) mass is 169 g/mol. The first-order valence-electron chi connectivity index (χ1n) is 2.98. The molecule has 1 aromatic carbocycles. The summed E-state index contributed by atoms with van der Waals surface area (Å²) in [5.41, 5.74) is 1.02. The van der Waals surface area contributed by atoms with Crippen molar-refractivity contribution in [1.29, 1.82) is 0 Å². The van der Waals surface area contributed by atoms with Crippen LogP contribution in [0.5, 0.6) is 0 Å². The lowest BCUT2D eigenvalue weighted by molar-refractivity contribution is 0.155. The van der Waals surface area contributed by atoms with Crippen LogP contribution in [0.25, 0.3) is 11.0 Å². The maximum Gasteiger partial charge on any atom is 0.135 e. The van der Waals surface area contributed by atoms with Crippen molar-refractivity contribution in [1.82, 2.24) is 15.2 Å². The van der Waals surface area contributed by atoms with Crippen LogP contribution in [0.2, 0.25) is 5.02 Å². The first-order valence-corrected chi connectivity index (χ1v) is 3.36. The summed E-state index contributed by atoms with van der Waals surface area (Å²) >= 11 is 5.74. The molecule has 56 valence electrons. The van der Waals surface area contributed by atoms with Crippen molar-refractivity contribution in [3.63, 3.8) is 0 Å². The molecule has 1 N–H and O–H groups in total. The number of hydrogen-bond donors (Lipinski definition) is 1. The molecule has 11 heavy (non-hydrogen) atoms. The van der Waals surface area contributed by atoms with Gasteiger partial charge in [0.1, 0.15) is 11.0 Å². The van der Waals surface area contributed by atoms with E-state index >= 15 is 0 Å². The number of aromatic nitrogens is 3. The van der Waals surface area contributed by atoms with Gasteiger partial charge in [-0.25, -0.2) is 0 Å². The van der Waals surface area contributed by atoms with Crippen molar-refractivity contribution in [3.8, 4) is 0 Å². The highest BCUT2D eigenvalue weighted by atomic mass is 35.5. The van der Waals surface area contributed by atoms with E-state index in [9.17, 15) is 0 Å². The maximum absolute atomic E-state index is 9.02. The molecule has 1 aromatic heterocycles. The van der Waals surface area contributed by atoms with E-state index in [4.69, 9.17) is 16.8 Å². The third kappa shape index (κ3) is 0.832. The van der Waals surface area contributed by atoms with Gasteiger partial charge in [-0.15, -0.1) is 5.10 Å². The Morgan fingerprint density at radius 2 is 2.27 bits per heavy atom. The lowest BCUT2D eigenvalue weighted by Gasteiger charge is -1.89. The Labute approximate surface area is 67.0 Å². The molecule has 0 fully saturated rings. The number of rotatable bonds is 0. The van der Waals surface area contributed by atoms with Crippen molar-refractivity contribution in [3.05, 3.63) is 23.2 Å². The SMILES string of the molecule is On1nnc2c(Cl)cccc21. The Morgan fingerprint density at radius 3 is 3.00 bits per heavy atom. The van der Waals surface area contributed by atoms with E-state index in [1.165, 1.54) is 0 Å².